The fourth-order valence-corrected chi connectivity index (χ4v) is 5.11. The molecule has 2 heterocycles. The summed E-state index contributed by atoms with van der Waals surface area (Å²) >= 11 is 6.26. The van der Waals surface area contributed by atoms with Crippen LogP contribution in [-0.4, -0.2) is 47.5 Å². The molecule has 9 heteroatoms. The number of fused-ring (bicyclic) bond motifs is 1. The minimum atomic E-state index is -0.955. The van der Waals surface area contributed by atoms with Gasteiger partial charge in [0.05, 0.1) is 7.11 Å². The summed E-state index contributed by atoms with van der Waals surface area (Å²) in [6, 6.07) is 17.6. The number of nitrogens with one attached hydrogen (secondary N) is 2. The van der Waals surface area contributed by atoms with E-state index in [4.69, 9.17) is 16.3 Å². The van der Waals surface area contributed by atoms with Crippen molar-refractivity contribution in [2.45, 2.75) is 25.0 Å². The number of methoxy groups -OCH3 is 1. The lowest BCUT2D eigenvalue weighted by atomic mass is 10.0. The number of aromatic amines is 1. The Morgan fingerprint density at radius 1 is 1.08 bits per heavy atom. The summed E-state index contributed by atoms with van der Waals surface area (Å²) in [7, 11) is 1.30. The molecule has 2 atom stereocenters. The van der Waals surface area contributed by atoms with Crippen molar-refractivity contribution < 1.29 is 23.1 Å². The minimum Gasteiger partial charge on any atom is -0.468 e. The Hall–Kier alpha value is -3.75. The van der Waals surface area contributed by atoms with Gasteiger partial charge in [-0.15, -0.1) is 0 Å². The predicted octanol–water partition coefficient (Wildman–Crippen LogP) is 5.31. The number of benzene rings is 3. The molecule has 0 saturated carbocycles. The van der Waals surface area contributed by atoms with Crippen molar-refractivity contribution in [3.8, 4) is 11.1 Å². The van der Waals surface area contributed by atoms with Crippen LogP contribution in [0.25, 0.3) is 22.0 Å². The maximum absolute atomic E-state index is 13.7. The van der Waals surface area contributed by atoms with Crippen LogP contribution in [-0.2, 0) is 16.1 Å². The summed E-state index contributed by atoms with van der Waals surface area (Å²) in [5, 5.41) is 4.42. The zero-order chi connectivity index (χ0) is 26.1. The number of carbonyl (C=O) groups excluding carboxylic acids is 2. The second kappa shape index (κ2) is 10.3. The highest BCUT2D eigenvalue weighted by Crippen LogP contribution is 2.34. The van der Waals surface area contributed by atoms with Crippen LogP contribution in [0.3, 0.4) is 0 Å². The number of halogens is 3. The van der Waals surface area contributed by atoms with Gasteiger partial charge in [0.2, 0.25) is 0 Å². The molecule has 190 valence electrons. The number of esters is 1. The van der Waals surface area contributed by atoms with Crippen LogP contribution in [0.5, 0.6) is 0 Å². The third-order valence-corrected chi connectivity index (χ3v) is 6.87. The van der Waals surface area contributed by atoms with Gasteiger partial charge in [-0.25, -0.2) is 8.78 Å². The zero-order valence-corrected chi connectivity index (χ0v) is 20.7. The molecule has 1 aromatic heterocycles. The Labute approximate surface area is 217 Å². The highest BCUT2D eigenvalue weighted by molar-refractivity contribution is 6.31. The Kier molecular flexibility index (Phi) is 6.95. The predicted molar refractivity (Wildman–Crippen MR) is 137 cm³/mol. The fraction of sp³-hybridized carbons (Fsp3) is 0.214. The van der Waals surface area contributed by atoms with Crippen LogP contribution in [0.2, 0.25) is 5.02 Å². The van der Waals surface area contributed by atoms with Crippen LogP contribution in [0.15, 0.2) is 66.7 Å². The third-order valence-electron chi connectivity index (χ3n) is 6.63. The number of likely N-dealkylation sites (tertiary alicyclic amines) is 1. The topological polar surface area (TPSA) is 74.4 Å². The lowest BCUT2D eigenvalue weighted by Crippen LogP contribution is -2.38. The van der Waals surface area contributed by atoms with Crippen molar-refractivity contribution >= 4 is 34.4 Å². The van der Waals surface area contributed by atoms with Crippen LogP contribution in [0, 0.1) is 11.6 Å². The van der Waals surface area contributed by atoms with Crippen LogP contribution in [0.4, 0.5) is 8.78 Å². The molecule has 4 aromatic rings. The Bertz CT molecular complexity index is 1470. The molecule has 1 amide bonds. The first-order valence-corrected chi connectivity index (χ1v) is 12.1. The summed E-state index contributed by atoms with van der Waals surface area (Å²) in [5.74, 6) is -2.67. The van der Waals surface area contributed by atoms with Crippen LogP contribution < -0.4 is 5.32 Å². The lowest BCUT2D eigenvalue weighted by molar-refractivity contribution is -0.146. The van der Waals surface area contributed by atoms with Crippen LogP contribution >= 0.6 is 11.6 Å². The number of rotatable bonds is 6. The quantitative estimate of drug-likeness (QED) is 0.336. The summed E-state index contributed by atoms with van der Waals surface area (Å²) in [6.45, 7) is 0.528. The smallest absolute Gasteiger partial charge is 0.323 e. The highest BCUT2D eigenvalue weighted by Gasteiger charge is 2.38. The van der Waals surface area contributed by atoms with E-state index in [1.54, 1.807) is 11.0 Å². The van der Waals surface area contributed by atoms with E-state index in [1.807, 2.05) is 42.5 Å². The molecule has 3 aromatic carbocycles. The van der Waals surface area contributed by atoms with Gasteiger partial charge < -0.3 is 15.0 Å². The second-order valence-electron chi connectivity index (χ2n) is 9.05. The normalized spacial score (nSPS) is 17.7. The van der Waals surface area contributed by atoms with Gasteiger partial charge >= 0.3 is 5.97 Å². The van der Waals surface area contributed by atoms with Gasteiger partial charge in [-0.2, -0.15) is 0 Å². The molecular weight excluding hydrogens is 500 g/mol. The van der Waals surface area contributed by atoms with Gasteiger partial charge in [-0.05, 0) is 47.9 Å². The standard InChI is InChI=1S/C28H24ClF2N3O3/c1-37-28(36)24-13-19(15-34(24)14-16-7-9-21(30)22(31)11-16)32-27(35)26-25(17-5-3-2-4-6-17)20-12-18(29)8-10-23(20)33-26/h2-12,19,24,33H,13-15H2,1H3,(H,32,35)/t19-,24+/m1/s1. The highest BCUT2D eigenvalue weighted by atomic mass is 35.5. The monoisotopic (exact) mass is 523 g/mol. The molecule has 1 aliphatic rings. The first-order valence-electron chi connectivity index (χ1n) is 11.8. The number of hydrogen-bond donors (Lipinski definition) is 2. The van der Waals surface area contributed by atoms with Gasteiger partial charge in [0.25, 0.3) is 5.91 Å². The SMILES string of the molecule is COC(=O)[C@@H]1C[C@@H](NC(=O)c2[nH]c3ccc(Cl)cc3c2-c2ccccc2)CN1Cc1ccc(F)c(F)c1. The molecule has 1 saturated heterocycles. The number of H-pyrrole nitrogens is 1. The van der Waals surface area contributed by atoms with Gasteiger partial charge in [0, 0.05) is 40.6 Å². The molecule has 1 aliphatic heterocycles. The molecule has 0 radical (unpaired) electrons. The van der Waals surface area contributed by atoms with Gasteiger partial charge in [-0.1, -0.05) is 48.0 Å². The number of amides is 1. The summed E-state index contributed by atoms with van der Waals surface area (Å²) < 4.78 is 32.1. The molecule has 0 aliphatic carbocycles. The number of ether oxygens (including phenoxy) is 1. The number of carbonyl (C=O) groups is 2. The molecule has 5 rings (SSSR count). The van der Waals surface area contributed by atoms with Crippen molar-refractivity contribution in [1.82, 2.24) is 15.2 Å². The Morgan fingerprint density at radius 3 is 2.59 bits per heavy atom. The van der Waals surface area contributed by atoms with Crippen LogP contribution in [0.1, 0.15) is 22.5 Å². The molecule has 1 fully saturated rings. The second-order valence-corrected chi connectivity index (χ2v) is 9.49. The maximum Gasteiger partial charge on any atom is 0.323 e. The van der Waals surface area contributed by atoms with Crippen molar-refractivity contribution in [3.05, 3.63) is 94.6 Å². The molecule has 6 nitrogen and oxygen atoms in total. The molecule has 0 bridgehead atoms. The molecular formula is C28H24ClF2N3O3. The van der Waals surface area contributed by atoms with E-state index in [-0.39, 0.29) is 18.5 Å². The average molecular weight is 524 g/mol. The molecule has 37 heavy (non-hydrogen) atoms. The van der Waals surface area contributed by atoms with E-state index in [2.05, 4.69) is 10.3 Å². The van der Waals surface area contributed by atoms with E-state index >= 15 is 0 Å². The molecule has 0 spiro atoms. The summed E-state index contributed by atoms with van der Waals surface area (Å²) in [5.41, 5.74) is 3.26. The summed E-state index contributed by atoms with van der Waals surface area (Å²) in [4.78, 5) is 31.1. The zero-order valence-electron chi connectivity index (χ0n) is 19.9. The number of hydrogen-bond acceptors (Lipinski definition) is 4. The van der Waals surface area contributed by atoms with Crippen molar-refractivity contribution in [1.29, 1.82) is 0 Å². The van der Waals surface area contributed by atoms with Crippen molar-refractivity contribution in [3.63, 3.8) is 0 Å². The minimum absolute atomic E-state index is 0.198. The van der Waals surface area contributed by atoms with Gasteiger partial charge in [0.15, 0.2) is 11.6 Å². The van der Waals surface area contributed by atoms with Crippen molar-refractivity contribution in [2.75, 3.05) is 13.7 Å². The average Bonchev–Trinajstić information content (AvgIpc) is 3.47. The van der Waals surface area contributed by atoms with E-state index in [1.165, 1.54) is 13.2 Å². The summed E-state index contributed by atoms with van der Waals surface area (Å²) in [6.07, 6.45) is 0.314. The number of nitrogens with zero attached hydrogens (tertiary/aromatic N) is 1. The third kappa shape index (κ3) is 5.08. The van der Waals surface area contributed by atoms with Crippen molar-refractivity contribution in [2.24, 2.45) is 0 Å². The fourth-order valence-electron chi connectivity index (χ4n) is 4.93. The van der Waals surface area contributed by atoms with E-state index < -0.39 is 23.6 Å². The van der Waals surface area contributed by atoms with E-state index in [9.17, 15) is 18.4 Å². The van der Waals surface area contributed by atoms with Gasteiger partial charge in [-0.3, -0.25) is 14.5 Å². The maximum atomic E-state index is 13.7. The first-order chi connectivity index (χ1) is 17.8. The Morgan fingerprint density at radius 2 is 1.86 bits per heavy atom. The lowest BCUT2D eigenvalue weighted by Gasteiger charge is -2.22. The first kappa shape index (κ1) is 24.9. The largest absolute Gasteiger partial charge is 0.468 e. The Balaban J connectivity index is 1.41. The molecule has 0 unspecified atom stereocenters. The van der Waals surface area contributed by atoms with E-state index in [0.717, 1.165) is 34.2 Å². The molecule has 2 N–H and O–H groups in total. The number of aromatic nitrogens is 1. The van der Waals surface area contributed by atoms with Gasteiger partial charge in [0.1, 0.15) is 11.7 Å². The van der Waals surface area contributed by atoms with E-state index in [0.29, 0.717) is 29.2 Å².